The third-order valence-corrected chi connectivity index (χ3v) is 4.74. The molecule has 2 aromatic heterocycles. The highest BCUT2D eigenvalue weighted by Crippen LogP contribution is 2.22. The van der Waals surface area contributed by atoms with Crippen molar-refractivity contribution in [1.29, 1.82) is 0 Å². The molecule has 5 nitrogen and oxygen atoms in total. The predicted octanol–water partition coefficient (Wildman–Crippen LogP) is 3.84. The fraction of sp³-hybridized carbons (Fsp3) is 0.190. The summed E-state index contributed by atoms with van der Waals surface area (Å²) in [6, 6.07) is 13.9. The van der Waals surface area contributed by atoms with Crippen molar-refractivity contribution in [2.45, 2.75) is 13.5 Å². The number of aromatic nitrogens is 3. The number of imidazole rings is 1. The molecular formula is C21H19FN4O. The molecule has 0 bridgehead atoms. The van der Waals surface area contributed by atoms with Crippen molar-refractivity contribution in [3.8, 4) is 0 Å². The monoisotopic (exact) mass is 362 g/mol. The number of pyridine rings is 1. The minimum absolute atomic E-state index is 0.149. The zero-order valence-corrected chi connectivity index (χ0v) is 15.4. The van der Waals surface area contributed by atoms with Crippen molar-refractivity contribution in [1.82, 2.24) is 19.4 Å². The first-order valence-corrected chi connectivity index (χ1v) is 8.67. The molecule has 6 heteroatoms. The molecule has 0 unspecified atom stereocenters. The number of rotatable bonds is 3. The molecule has 4 rings (SSSR count). The number of nitrogens with zero attached hydrogens (tertiary/aromatic N) is 4. The van der Waals surface area contributed by atoms with E-state index in [1.807, 2.05) is 35.9 Å². The minimum Gasteiger partial charge on any atom is -0.334 e. The normalized spacial score (nSPS) is 11.3. The fourth-order valence-electron chi connectivity index (χ4n) is 3.34. The molecule has 0 spiro atoms. The Labute approximate surface area is 156 Å². The van der Waals surface area contributed by atoms with E-state index < -0.39 is 0 Å². The predicted molar refractivity (Wildman–Crippen MR) is 103 cm³/mol. The summed E-state index contributed by atoms with van der Waals surface area (Å²) < 4.78 is 15.5. The molecule has 0 aliphatic rings. The van der Waals surface area contributed by atoms with Crippen LogP contribution >= 0.6 is 0 Å². The second kappa shape index (κ2) is 6.46. The Bertz CT molecular complexity index is 1180. The van der Waals surface area contributed by atoms with E-state index in [0.717, 1.165) is 16.9 Å². The first kappa shape index (κ1) is 17.1. The summed E-state index contributed by atoms with van der Waals surface area (Å²) in [7, 11) is 3.69. The molecule has 2 heterocycles. The number of halogens is 1. The molecule has 0 saturated carbocycles. The quantitative estimate of drug-likeness (QED) is 0.556. The van der Waals surface area contributed by atoms with Crippen molar-refractivity contribution in [3.05, 3.63) is 71.4 Å². The Hall–Kier alpha value is -3.28. The van der Waals surface area contributed by atoms with Crippen molar-refractivity contribution < 1.29 is 9.18 Å². The van der Waals surface area contributed by atoms with E-state index in [4.69, 9.17) is 0 Å². The smallest absolute Gasteiger partial charge is 0.254 e. The first-order chi connectivity index (χ1) is 12.9. The average molecular weight is 362 g/mol. The SMILES string of the molecule is Cc1cc(C(=O)N(C)Cc2nc3ccccc3n2C)c2ccc(F)cc2n1. The van der Waals surface area contributed by atoms with Crippen LogP contribution in [0, 0.1) is 12.7 Å². The summed E-state index contributed by atoms with van der Waals surface area (Å²) in [5, 5.41) is 0.642. The summed E-state index contributed by atoms with van der Waals surface area (Å²) in [6.45, 7) is 2.17. The van der Waals surface area contributed by atoms with Gasteiger partial charge in [0.25, 0.3) is 5.91 Å². The van der Waals surface area contributed by atoms with Crippen LogP contribution in [0.2, 0.25) is 0 Å². The van der Waals surface area contributed by atoms with Gasteiger partial charge in [-0.3, -0.25) is 9.78 Å². The summed E-state index contributed by atoms with van der Waals surface area (Å²) in [5.41, 5.74) is 3.59. The van der Waals surface area contributed by atoms with Crippen molar-refractivity contribution in [2.24, 2.45) is 7.05 Å². The van der Waals surface area contributed by atoms with Crippen LogP contribution in [0.25, 0.3) is 21.9 Å². The van der Waals surface area contributed by atoms with Crippen LogP contribution in [0.15, 0.2) is 48.5 Å². The molecule has 0 saturated heterocycles. The van der Waals surface area contributed by atoms with Crippen LogP contribution in [0.5, 0.6) is 0 Å². The van der Waals surface area contributed by atoms with E-state index in [2.05, 4.69) is 9.97 Å². The maximum Gasteiger partial charge on any atom is 0.254 e. The Balaban J connectivity index is 1.70. The zero-order valence-electron chi connectivity index (χ0n) is 15.4. The molecule has 4 aromatic rings. The van der Waals surface area contributed by atoms with Crippen molar-refractivity contribution >= 4 is 27.8 Å². The number of aryl methyl sites for hydroxylation is 2. The number of carbonyl (C=O) groups excluding carboxylic acids is 1. The van der Waals surface area contributed by atoms with Gasteiger partial charge >= 0.3 is 0 Å². The Morgan fingerprint density at radius 2 is 1.89 bits per heavy atom. The molecule has 1 amide bonds. The average Bonchev–Trinajstić information content (AvgIpc) is 2.96. The van der Waals surface area contributed by atoms with Gasteiger partial charge in [0.2, 0.25) is 0 Å². The molecule has 0 aliphatic carbocycles. The van der Waals surface area contributed by atoms with Crippen molar-refractivity contribution in [3.63, 3.8) is 0 Å². The van der Waals surface area contributed by atoms with Gasteiger partial charge in [0.1, 0.15) is 11.6 Å². The van der Waals surface area contributed by atoms with Gasteiger partial charge in [-0.1, -0.05) is 12.1 Å². The molecule has 0 radical (unpaired) electrons. The van der Waals surface area contributed by atoms with Crippen LogP contribution < -0.4 is 0 Å². The number of hydrogen-bond acceptors (Lipinski definition) is 3. The number of hydrogen-bond donors (Lipinski definition) is 0. The van der Waals surface area contributed by atoms with Gasteiger partial charge in [0.05, 0.1) is 28.7 Å². The Kier molecular flexibility index (Phi) is 4.11. The lowest BCUT2D eigenvalue weighted by Crippen LogP contribution is -2.28. The molecule has 0 fully saturated rings. The van der Waals surface area contributed by atoms with Crippen LogP contribution in [0.1, 0.15) is 21.9 Å². The Morgan fingerprint density at radius 1 is 1.11 bits per heavy atom. The van der Waals surface area contributed by atoms with Gasteiger partial charge in [-0.25, -0.2) is 9.37 Å². The molecule has 0 N–H and O–H groups in total. The van der Waals surface area contributed by atoms with Crippen LogP contribution in [0.3, 0.4) is 0 Å². The fourth-order valence-corrected chi connectivity index (χ4v) is 3.34. The number of benzene rings is 2. The molecule has 0 atom stereocenters. The lowest BCUT2D eigenvalue weighted by Gasteiger charge is -2.18. The van der Waals surface area contributed by atoms with E-state index in [0.29, 0.717) is 28.7 Å². The number of fused-ring (bicyclic) bond motifs is 2. The van der Waals surface area contributed by atoms with Gasteiger partial charge < -0.3 is 9.47 Å². The van der Waals surface area contributed by atoms with Gasteiger partial charge in [-0.05, 0) is 37.3 Å². The highest BCUT2D eigenvalue weighted by Gasteiger charge is 2.19. The van der Waals surface area contributed by atoms with E-state index in [1.54, 1.807) is 31.0 Å². The van der Waals surface area contributed by atoms with E-state index in [9.17, 15) is 9.18 Å². The lowest BCUT2D eigenvalue weighted by atomic mass is 10.1. The highest BCUT2D eigenvalue weighted by atomic mass is 19.1. The van der Waals surface area contributed by atoms with Gasteiger partial charge in [0.15, 0.2) is 0 Å². The standard InChI is InChI=1S/C21H19FN4O/c1-13-10-16(15-9-8-14(22)11-18(15)23-13)21(27)25(2)12-20-24-17-6-4-5-7-19(17)26(20)3/h4-11H,12H2,1-3H3. The summed E-state index contributed by atoms with van der Waals surface area (Å²) in [6.07, 6.45) is 0. The third kappa shape index (κ3) is 3.03. The molecule has 27 heavy (non-hydrogen) atoms. The summed E-state index contributed by atoms with van der Waals surface area (Å²) in [5.74, 6) is 0.282. The van der Waals surface area contributed by atoms with E-state index in [-0.39, 0.29) is 11.7 Å². The van der Waals surface area contributed by atoms with E-state index in [1.165, 1.54) is 12.1 Å². The van der Waals surface area contributed by atoms with Crippen LogP contribution in [0.4, 0.5) is 4.39 Å². The topological polar surface area (TPSA) is 51.0 Å². The first-order valence-electron chi connectivity index (χ1n) is 8.67. The largest absolute Gasteiger partial charge is 0.334 e. The van der Waals surface area contributed by atoms with Gasteiger partial charge in [-0.2, -0.15) is 0 Å². The lowest BCUT2D eigenvalue weighted by molar-refractivity contribution is 0.0782. The number of carbonyl (C=O) groups is 1. The molecule has 0 aliphatic heterocycles. The zero-order chi connectivity index (χ0) is 19.1. The van der Waals surface area contributed by atoms with E-state index >= 15 is 0 Å². The van der Waals surface area contributed by atoms with Gasteiger partial charge in [0, 0.05) is 31.2 Å². The second-order valence-electron chi connectivity index (χ2n) is 6.71. The summed E-state index contributed by atoms with van der Waals surface area (Å²) >= 11 is 0. The molecule has 136 valence electrons. The number of para-hydroxylation sites is 2. The third-order valence-electron chi connectivity index (χ3n) is 4.74. The van der Waals surface area contributed by atoms with Crippen LogP contribution in [-0.4, -0.2) is 32.4 Å². The highest BCUT2D eigenvalue weighted by molar-refractivity contribution is 6.06. The van der Waals surface area contributed by atoms with Gasteiger partial charge in [-0.15, -0.1) is 0 Å². The minimum atomic E-state index is -0.368. The van der Waals surface area contributed by atoms with Crippen LogP contribution in [-0.2, 0) is 13.6 Å². The maximum atomic E-state index is 13.5. The molecule has 2 aromatic carbocycles. The molecular weight excluding hydrogens is 343 g/mol. The number of amides is 1. The second-order valence-corrected chi connectivity index (χ2v) is 6.71. The summed E-state index contributed by atoms with van der Waals surface area (Å²) in [4.78, 5) is 23.7. The Morgan fingerprint density at radius 3 is 2.67 bits per heavy atom. The van der Waals surface area contributed by atoms with Crippen molar-refractivity contribution in [2.75, 3.05) is 7.05 Å². The maximum absolute atomic E-state index is 13.5.